The molecular weight excluding hydrogens is 498 g/mol. The van der Waals surface area contributed by atoms with Crippen LogP contribution in [0.2, 0.25) is 0 Å². The van der Waals surface area contributed by atoms with E-state index in [2.05, 4.69) is 12.2 Å². The molecule has 1 atom stereocenters. The second-order valence-electron chi connectivity index (χ2n) is 11.4. The van der Waals surface area contributed by atoms with Gasteiger partial charge in [-0.3, -0.25) is 9.59 Å². The monoisotopic (exact) mass is 551 g/mol. The maximum absolute atomic E-state index is 12.9. The van der Waals surface area contributed by atoms with Crippen LogP contribution in [0.1, 0.15) is 97.1 Å². The predicted molar refractivity (Wildman–Crippen MR) is 156 cm³/mol. The van der Waals surface area contributed by atoms with Crippen molar-refractivity contribution in [1.82, 2.24) is 5.32 Å². The molecule has 9 heteroatoms. The van der Waals surface area contributed by atoms with Crippen LogP contribution in [0, 0.1) is 11.3 Å². The highest BCUT2D eigenvalue weighted by Gasteiger charge is 2.37. The molecule has 0 heterocycles. The lowest BCUT2D eigenvalue weighted by atomic mass is 9.80. The fraction of sp³-hybridized carbons (Fsp3) is 0.733. The van der Waals surface area contributed by atoms with E-state index < -0.39 is 17.0 Å². The van der Waals surface area contributed by atoms with Gasteiger partial charge in [0, 0.05) is 49.9 Å². The van der Waals surface area contributed by atoms with Crippen molar-refractivity contribution in [2.45, 2.75) is 105 Å². The first-order valence-electron chi connectivity index (χ1n) is 14.3. The van der Waals surface area contributed by atoms with Gasteiger partial charge >= 0.3 is 0 Å². The summed E-state index contributed by atoms with van der Waals surface area (Å²) in [4.78, 5) is 25.2. The first kappa shape index (κ1) is 34.5. The second kappa shape index (κ2) is 16.6. The zero-order valence-electron chi connectivity index (χ0n) is 25.3. The van der Waals surface area contributed by atoms with E-state index in [1.54, 1.807) is 27.0 Å². The van der Waals surface area contributed by atoms with E-state index in [1.807, 2.05) is 13.8 Å². The number of amides is 2. The summed E-state index contributed by atoms with van der Waals surface area (Å²) in [5, 5.41) is 14.6. The molecule has 0 saturated carbocycles. The molecule has 1 unspecified atom stereocenters. The van der Waals surface area contributed by atoms with Crippen molar-refractivity contribution in [3.05, 3.63) is 17.2 Å². The van der Waals surface area contributed by atoms with E-state index >= 15 is 0 Å². The summed E-state index contributed by atoms with van der Waals surface area (Å²) < 4.78 is 16.9. The Balaban J connectivity index is 3.37. The Kier molecular flexibility index (Phi) is 14.6. The van der Waals surface area contributed by atoms with Gasteiger partial charge in [0.25, 0.3) is 0 Å². The lowest BCUT2D eigenvalue weighted by Crippen LogP contribution is -2.54. The van der Waals surface area contributed by atoms with E-state index in [0.717, 1.165) is 19.3 Å². The van der Waals surface area contributed by atoms with Gasteiger partial charge in [0.2, 0.25) is 11.8 Å². The van der Waals surface area contributed by atoms with Gasteiger partial charge in [-0.05, 0) is 24.5 Å². The van der Waals surface area contributed by atoms with Gasteiger partial charge in [-0.2, -0.15) is 0 Å². The maximum Gasteiger partial charge on any atom is 0.223 e. The number of primary amides is 1. The van der Waals surface area contributed by atoms with Gasteiger partial charge in [0.1, 0.15) is 5.72 Å². The van der Waals surface area contributed by atoms with Gasteiger partial charge < -0.3 is 36.1 Å². The highest BCUT2D eigenvalue weighted by atomic mass is 16.5. The molecule has 0 radical (unpaired) electrons. The number of methoxy groups -OCH3 is 2. The average molecular weight is 552 g/mol. The number of rotatable bonds is 20. The largest absolute Gasteiger partial charge is 0.491 e. The topological polar surface area (TPSA) is 146 Å². The Labute approximate surface area is 235 Å². The number of benzene rings is 1. The van der Waals surface area contributed by atoms with Crippen LogP contribution >= 0.6 is 0 Å². The molecule has 1 aromatic rings. The molecule has 0 aromatic heterocycles. The predicted octanol–water partition coefficient (Wildman–Crippen LogP) is 4.50. The van der Waals surface area contributed by atoms with Gasteiger partial charge in [-0.15, -0.1) is 0 Å². The maximum atomic E-state index is 12.9. The number of hydrogen-bond donors (Lipinski definition) is 4. The Hall–Kier alpha value is -2.52. The quantitative estimate of drug-likeness (QED) is 0.106. The molecular formula is C30H53N3O6. The molecule has 9 nitrogen and oxygen atoms in total. The SMILES string of the molecule is CCCCCCCCC(=O)NC(O)(Cc1cc(N)c(OC)c(OCCCOC)c1CC(C)(C)C(N)=O)C(C)C. The van der Waals surface area contributed by atoms with E-state index in [0.29, 0.717) is 54.4 Å². The highest BCUT2D eigenvalue weighted by Crippen LogP contribution is 2.43. The second-order valence-corrected chi connectivity index (χ2v) is 11.4. The molecule has 1 aromatic carbocycles. The Morgan fingerprint density at radius 2 is 1.64 bits per heavy atom. The van der Waals surface area contributed by atoms with Crippen LogP contribution in [-0.2, 0) is 27.2 Å². The summed E-state index contributed by atoms with van der Waals surface area (Å²) in [6.07, 6.45) is 7.70. The zero-order chi connectivity index (χ0) is 29.6. The van der Waals surface area contributed by atoms with E-state index in [9.17, 15) is 14.7 Å². The number of unbranched alkanes of at least 4 members (excludes halogenated alkanes) is 5. The number of aliphatic hydroxyl groups is 1. The lowest BCUT2D eigenvalue weighted by Gasteiger charge is -2.35. The number of nitrogens with two attached hydrogens (primary N) is 2. The van der Waals surface area contributed by atoms with Crippen molar-refractivity contribution in [3.8, 4) is 11.5 Å². The third kappa shape index (κ3) is 10.9. The summed E-state index contributed by atoms with van der Waals surface area (Å²) in [7, 11) is 3.12. The Morgan fingerprint density at radius 1 is 1.00 bits per heavy atom. The molecule has 0 aliphatic rings. The molecule has 0 saturated heterocycles. The van der Waals surface area contributed by atoms with Crippen molar-refractivity contribution in [2.75, 3.05) is 33.2 Å². The summed E-state index contributed by atoms with van der Waals surface area (Å²) in [6, 6.07) is 1.72. The molecule has 39 heavy (non-hydrogen) atoms. The van der Waals surface area contributed by atoms with Gasteiger partial charge in [-0.1, -0.05) is 66.7 Å². The van der Waals surface area contributed by atoms with Gasteiger partial charge in [-0.25, -0.2) is 0 Å². The smallest absolute Gasteiger partial charge is 0.223 e. The minimum atomic E-state index is -1.54. The molecule has 0 aliphatic carbocycles. The molecule has 0 bridgehead atoms. The summed E-state index contributed by atoms with van der Waals surface area (Å²) >= 11 is 0. The number of anilines is 1. The number of nitrogens with one attached hydrogen (secondary N) is 1. The number of nitrogen functional groups attached to an aromatic ring is 1. The highest BCUT2D eigenvalue weighted by molar-refractivity contribution is 5.81. The fourth-order valence-electron chi connectivity index (χ4n) is 4.43. The van der Waals surface area contributed by atoms with E-state index in [4.69, 9.17) is 25.7 Å². The first-order valence-corrected chi connectivity index (χ1v) is 14.3. The average Bonchev–Trinajstić information content (AvgIpc) is 2.85. The number of carbonyl (C=O) groups is 2. The van der Waals surface area contributed by atoms with Gasteiger partial charge in [0.15, 0.2) is 11.5 Å². The summed E-state index contributed by atoms with van der Waals surface area (Å²) in [5.74, 6) is -0.217. The van der Waals surface area contributed by atoms with Crippen molar-refractivity contribution in [2.24, 2.45) is 17.1 Å². The van der Waals surface area contributed by atoms with Crippen molar-refractivity contribution in [3.63, 3.8) is 0 Å². The molecule has 0 aliphatic heterocycles. The van der Waals surface area contributed by atoms with Crippen LogP contribution in [-0.4, -0.2) is 50.1 Å². The zero-order valence-corrected chi connectivity index (χ0v) is 25.3. The normalized spacial score (nSPS) is 13.3. The molecule has 224 valence electrons. The molecule has 6 N–H and O–H groups in total. The molecule has 1 rings (SSSR count). The lowest BCUT2D eigenvalue weighted by molar-refractivity contribution is -0.132. The van der Waals surface area contributed by atoms with E-state index in [1.165, 1.54) is 26.4 Å². The summed E-state index contributed by atoms with van der Waals surface area (Å²) in [6.45, 7) is 10.2. The number of ether oxygens (including phenoxy) is 3. The standard InChI is InChI=1S/C30H53N3O6/c1-8-9-10-11-12-13-15-25(34)33-30(36,21(2)3)19-22-18-24(31)27(38-7)26(39-17-14-16-37-6)23(22)20-29(4,5)28(32)35/h18,21,36H,8-17,19-20,31H2,1-7H3,(H2,32,35)(H,33,34). The Bertz CT molecular complexity index is 918. The first-order chi connectivity index (χ1) is 18.3. The molecule has 0 spiro atoms. The third-order valence-corrected chi connectivity index (χ3v) is 7.22. The van der Waals surface area contributed by atoms with Crippen LogP contribution in [0.15, 0.2) is 6.07 Å². The summed E-state index contributed by atoms with van der Waals surface area (Å²) in [5.41, 5.74) is 11.3. The van der Waals surface area contributed by atoms with Crippen LogP contribution < -0.4 is 26.3 Å². The Morgan fingerprint density at radius 3 is 2.21 bits per heavy atom. The minimum absolute atomic E-state index is 0.0692. The molecule has 2 amide bonds. The van der Waals surface area contributed by atoms with E-state index in [-0.39, 0.29) is 24.7 Å². The minimum Gasteiger partial charge on any atom is -0.491 e. The van der Waals surface area contributed by atoms with Crippen molar-refractivity contribution in [1.29, 1.82) is 0 Å². The van der Waals surface area contributed by atoms with Crippen LogP contribution in [0.25, 0.3) is 0 Å². The fourth-order valence-corrected chi connectivity index (χ4v) is 4.43. The van der Waals surface area contributed by atoms with Crippen LogP contribution in [0.4, 0.5) is 5.69 Å². The van der Waals surface area contributed by atoms with Crippen molar-refractivity contribution >= 4 is 17.5 Å². The number of hydrogen-bond acceptors (Lipinski definition) is 7. The third-order valence-electron chi connectivity index (χ3n) is 7.22. The van der Waals surface area contributed by atoms with Crippen molar-refractivity contribution < 1.29 is 28.9 Å². The molecule has 0 fully saturated rings. The number of carbonyl (C=O) groups excluding carboxylic acids is 2. The van der Waals surface area contributed by atoms with Crippen LogP contribution in [0.5, 0.6) is 11.5 Å². The van der Waals surface area contributed by atoms with Crippen LogP contribution in [0.3, 0.4) is 0 Å². The van der Waals surface area contributed by atoms with Gasteiger partial charge in [0.05, 0.1) is 19.4 Å².